The summed E-state index contributed by atoms with van der Waals surface area (Å²) in [5.41, 5.74) is 3.39. The van der Waals surface area contributed by atoms with Gasteiger partial charge in [-0.2, -0.15) is 0 Å². The fourth-order valence-corrected chi connectivity index (χ4v) is 5.58. The lowest BCUT2D eigenvalue weighted by Gasteiger charge is -2.25. The molecule has 0 radical (unpaired) electrons. The van der Waals surface area contributed by atoms with Crippen molar-refractivity contribution in [1.29, 1.82) is 0 Å². The van der Waals surface area contributed by atoms with Crippen LogP contribution in [-0.4, -0.2) is 38.3 Å². The number of nitrogens with zero attached hydrogens (tertiary/aromatic N) is 3. The van der Waals surface area contributed by atoms with Crippen LogP contribution in [0.25, 0.3) is 6.08 Å². The van der Waals surface area contributed by atoms with Crippen molar-refractivity contribution in [2.75, 3.05) is 32.7 Å². The van der Waals surface area contributed by atoms with E-state index in [-0.39, 0.29) is 12.2 Å². The Bertz CT molecular complexity index is 1490. The number of aromatic nitrogens is 1. The highest BCUT2D eigenvalue weighted by molar-refractivity contribution is 9.10. The molecule has 9 heteroatoms. The maximum Gasteiger partial charge on any atom is 0.338 e. The average Bonchev–Trinajstić information content (AvgIpc) is 3.12. The van der Waals surface area contributed by atoms with Gasteiger partial charge in [0.1, 0.15) is 5.75 Å². The number of thiazole rings is 1. The fourth-order valence-electron chi connectivity index (χ4n) is 3.98. The molecule has 0 bridgehead atoms. The number of hydrogen-bond acceptors (Lipinski definition) is 7. The minimum Gasteiger partial charge on any atom is -0.496 e. The first-order chi connectivity index (χ1) is 16.7. The van der Waals surface area contributed by atoms with E-state index >= 15 is 0 Å². The molecule has 35 heavy (non-hydrogen) atoms. The number of ether oxygens (including phenoxy) is 2. The van der Waals surface area contributed by atoms with E-state index in [1.807, 2.05) is 61.5 Å². The molecule has 0 N–H and O–H groups in total. The number of benzene rings is 2. The zero-order chi connectivity index (χ0) is 25.3. The third-order valence-corrected chi connectivity index (χ3v) is 7.32. The second-order valence-corrected chi connectivity index (χ2v) is 10.0. The lowest BCUT2D eigenvalue weighted by atomic mass is 9.96. The number of rotatable bonds is 6. The van der Waals surface area contributed by atoms with Gasteiger partial charge in [-0.1, -0.05) is 29.5 Å². The quantitative estimate of drug-likeness (QED) is 0.434. The van der Waals surface area contributed by atoms with Crippen LogP contribution in [0.2, 0.25) is 0 Å². The molecule has 1 atom stereocenters. The summed E-state index contributed by atoms with van der Waals surface area (Å²) in [6, 6.07) is 12.8. The fraction of sp³-hybridized carbons (Fsp3) is 0.269. The molecule has 2 aromatic carbocycles. The third kappa shape index (κ3) is 4.83. The number of esters is 1. The molecule has 1 aliphatic heterocycles. The van der Waals surface area contributed by atoms with Crippen LogP contribution in [0.15, 0.2) is 68.0 Å². The Kier molecular flexibility index (Phi) is 7.28. The largest absolute Gasteiger partial charge is 0.496 e. The summed E-state index contributed by atoms with van der Waals surface area (Å²) in [7, 11) is 5.55. The number of carbonyl (C=O) groups excluding carboxylic acids is 1. The zero-order valence-corrected chi connectivity index (χ0v) is 22.6. The van der Waals surface area contributed by atoms with E-state index < -0.39 is 12.0 Å². The van der Waals surface area contributed by atoms with Crippen molar-refractivity contribution >= 4 is 45.0 Å². The van der Waals surface area contributed by atoms with Gasteiger partial charge in [0.25, 0.3) is 5.56 Å². The SMILES string of the molecule is CCOC(=O)C1=C(C)N=c2s/c(=C/c3ccc(N(C)C)cc3)c(=O)n2[C@@H]1c1ccc(OC)c(Br)c1. The molecule has 0 amide bonds. The van der Waals surface area contributed by atoms with Crippen LogP contribution in [0, 0.1) is 0 Å². The summed E-state index contributed by atoms with van der Waals surface area (Å²) >= 11 is 4.83. The molecule has 4 rings (SSSR count). The first-order valence-electron chi connectivity index (χ1n) is 11.1. The number of allylic oxidation sites excluding steroid dienone is 1. The Morgan fingerprint density at radius 3 is 2.54 bits per heavy atom. The molecular formula is C26H26BrN3O4S. The van der Waals surface area contributed by atoms with E-state index in [9.17, 15) is 9.59 Å². The number of fused-ring (bicyclic) bond motifs is 1. The molecule has 0 aliphatic carbocycles. The smallest absolute Gasteiger partial charge is 0.338 e. The standard InChI is InChI=1S/C26H26BrN3O4S/c1-6-34-25(32)22-15(2)28-26-30(23(22)17-9-12-20(33-5)19(27)14-17)24(31)21(35-26)13-16-7-10-18(11-8-16)29(3)4/h7-14,23H,6H2,1-5H3/b21-13+/t23-/m1/s1. The van der Waals surface area contributed by atoms with E-state index in [0.717, 1.165) is 21.3 Å². The Balaban J connectivity index is 1.91. The lowest BCUT2D eigenvalue weighted by Crippen LogP contribution is -2.39. The minimum absolute atomic E-state index is 0.211. The zero-order valence-electron chi connectivity index (χ0n) is 20.2. The predicted molar refractivity (Wildman–Crippen MR) is 142 cm³/mol. The maximum absolute atomic E-state index is 13.7. The molecule has 0 saturated carbocycles. The Hall–Kier alpha value is -3.17. The number of anilines is 1. The summed E-state index contributed by atoms with van der Waals surface area (Å²) in [6.07, 6.45) is 1.85. The van der Waals surface area contributed by atoms with Crippen molar-refractivity contribution in [3.8, 4) is 5.75 Å². The highest BCUT2D eigenvalue weighted by Gasteiger charge is 2.33. The molecule has 0 saturated heterocycles. The van der Waals surface area contributed by atoms with Gasteiger partial charge in [0.2, 0.25) is 0 Å². The number of hydrogen-bond donors (Lipinski definition) is 0. The van der Waals surface area contributed by atoms with Gasteiger partial charge in [0.05, 0.1) is 40.0 Å². The Labute approximate surface area is 215 Å². The molecular weight excluding hydrogens is 530 g/mol. The van der Waals surface area contributed by atoms with Crippen LogP contribution < -0.4 is 24.5 Å². The number of carbonyl (C=O) groups is 1. The molecule has 3 aromatic rings. The highest BCUT2D eigenvalue weighted by atomic mass is 79.9. The van der Waals surface area contributed by atoms with Crippen molar-refractivity contribution in [1.82, 2.24) is 4.57 Å². The van der Waals surface area contributed by atoms with Gasteiger partial charge >= 0.3 is 5.97 Å². The van der Waals surface area contributed by atoms with Crippen LogP contribution in [-0.2, 0) is 9.53 Å². The minimum atomic E-state index is -0.675. The number of methoxy groups -OCH3 is 1. The highest BCUT2D eigenvalue weighted by Crippen LogP contribution is 2.35. The summed E-state index contributed by atoms with van der Waals surface area (Å²) in [5, 5.41) is 0. The normalized spacial score (nSPS) is 15.5. The topological polar surface area (TPSA) is 73.1 Å². The van der Waals surface area contributed by atoms with Gasteiger partial charge < -0.3 is 14.4 Å². The van der Waals surface area contributed by atoms with Crippen LogP contribution in [0.1, 0.15) is 31.0 Å². The molecule has 2 heterocycles. The van der Waals surface area contributed by atoms with E-state index in [0.29, 0.717) is 26.4 Å². The lowest BCUT2D eigenvalue weighted by molar-refractivity contribution is -0.139. The summed E-state index contributed by atoms with van der Waals surface area (Å²) in [4.78, 5) is 33.9. The van der Waals surface area contributed by atoms with Gasteiger partial charge in [0.15, 0.2) is 4.80 Å². The van der Waals surface area contributed by atoms with Crippen molar-refractivity contribution in [3.63, 3.8) is 0 Å². The van der Waals surface area contributed by atoms with Crippen LogP contribution in [0.3, 0.4) is 0 Å². The molecule has 1 aromatic heterocycles. The van der Waals surface area contributed by atoms with Gasteiger partial charge in [0, 0.05) is 19.8 Å². The Morgan fingerprint density at radius 2 is 1.94 bits per heavy atom. The Morgan fingerprint density at radius 1 is 1.23 bits per heavy atom. The monoisotopic (exact) mass is 555 g/mol. The van der Waals surface area contributed by atoms with Gasteiger partial charge in [-0.05, 0) is 71.2 Å². The van der Waals surface area contributed by atoms with Gasteiger partial charge in [-0.15, -0.1) is 0 Å². The summed E-state index contributed by atoms with van der Waals surface area (Å²) < 4.78 is 13.6. The second-order valence-electron chi connectivity index (χ2n) is 8.18. The second kappa shape index (κ2) is 10.2. The van der Waals surface area contributed by atoms with Gasteiger partial charge in [-0.25, -0.2) is 9.79 Å². The van der Waals surface area contributed by atoms with Crippen LogP contribution >= 0.6 is 27.3 Å². The summed E-state index contributed by atoms with van der Waals surface area (Å²) in [6.45, 7) is 3.75. The molecule has 7 nitrogen and oxygen atoms in total. The van der Waals surface area contributed by atoms with Crippen molar-refractivity contribution in [2.24, 2.45) is 4.99 Å². The third-order valence-electron chi connectivity index (χ3n) is 5.72. The van der Waals surface area contributed by atoms with E-state index in [1.165, 1.54) is 11.3 Å². The van der Waals surface area contributed by atoms with E-state index in [4.69, 9.17) is 9.47 Å². The summed E-state index contributed by atoms with van der Waals surface area (Å²) in [5.74, 6) is 0.167. The van der Waals surface area contributed by atoms with Crippen LogP contribution in [0.4, 0.5) is 5.69 Å². The molecule has 0 spiro atoms. The van der Waals surface area contributed by atoms with Crippen molar-refractivity contribution in [2.45, 2.75) is 19.9 Å². The first-order valence-corrected chi connectivity index (χ1v) is 12.7. The van der Waals surface area contributed by atoms with E-state index in [1.54, 1.807) is 31.6 Å². The van der Waals surface area contributed by atoms with Crippen molar-refractivity contribution in [3.05, 3.63) is 89.0 Å². The van der Waals surface area contributed by atoms with Crippen LogP contribution in [0.5, 0.6) is 5.75 Å². The average molecular weight is 556 g/mol. The predicted octanol–water partition coefficient (Wildman–Crippen LogP) is 3.64. The maximum atomic E-state index is 13.7. The molecule has 0 unspecified atom stereocenters. The number of halogens is 1. The molecule has 0 fully saturated rings. The van der Waals surface area contributed by atoms with Gasteiger partial charge in [-0.3, -0.25) is 9.36 Å². The van der Waals surface area contributed by atoms with Crippen molar-refractivity contribution < 1.29 is 14.3 Å². The van der Waals surface area contributed by atoms with E-state index in [2.05, 4.69) is 20.9 Å². The first kappa shape index (κ1) is 24.9. The molecule has 1 aliphatic rings. The molecule has 182 valence electrons.